The average Bonchev–Trinajstić information content (AvgIpc) is 2.82. The summed E-state index contributed by atoms with van der Waals surface area (Å²) in [6.07, 6.45) is 1.16. The lowest BCUT2D eigenvalue weighted by Gasteiger charge is -2.01. The van der Waals surface area contributed by atoms with Gasteiger partial charge in [-0.1, -0.05) is 23.7 Å². The number of hydrogen-bond acceptors (Lipinski definition) is 3. The Morgan fingerprint density at radius 3 is 2.47 bits per heavy atom. The predicted molar refractivity (Wildman–Crippen MR) is 63.4 cm³/mol. The van der Waals surface area contributed by atoms with Crippen molar-refractivity contribution in [3.05, 3.63) is 59.0 Å². The SMILES string of the molecule is O=C(CC(=O)c1ccccc1Cl)c1ccco1. The van der Waals surface area contributed by atoms with Crippen LogP contribution >= 0.6 is 11.6 Å². The molecular weight excluding hydrogens is 240 g/mol. The first-order chi connectivity index (χ1) is 8.18. The number of halogens is 1. The van der Waals surface area contributed by atoms with E-state index >= 15 is 0 Å². The lowest BCUT2D eigenvalue weighted by Crippen LogP contribution is -2.08. The molecule has 0 spiro atoms. The fourth-order valence-corrected chi connectivity index (χ4v) is 1.69. The molecule has 2 aromatic rings. The van der Waals surface area contributed by atoms with Gasteiger partial charge in [-0.3, -0.25) is 9.59 Å². The fraction of sp³-hybridized carbons (Fsp3) is 0.0769. The van der Waals surface area contributed by atoms with Crippen molar-refractivity contribution >= 4 is 23.2 Å². The molecule has 2 rings (SSSR count). The van der Waals surface area contributed by atoms with Crippen molar-refractivity contribution < 1.29 is 14.0 Å². The number of carbonyl (C=O) groups excluding carboxylic acids is 2. The minimum Gasteiger partial charge on any atom is -0.461 e. The maximum absolute atomic E-state index is 11.8. The molecule has 17 heavy (non-hydrogen) atoms. The van der Waals surface area contributed by atoms with E-state index in [1.807, 2.05) is 0 Å². The molecule has 0 saturated heterocycles. The Kier molecular flexibility index (Phi) is 3.40. The van der Waals surface area contributed by atoms with E-state index in [0.717, 1.165) is 0 Å². The third kappa shape index (κ3) is 2.63. The molecule has 0 aliphatic heterocycles. The Morgan fingerprint density at radius 2 is 1.82 bits per heavy atom. The molecule has 4 heteroatoms. The third-order valence-electron chi connectivity index (χ3n) is 2.29. The van der Waals surface area contributed by atoms with Gasteiger partial charge in [0.25, 0.3) is 0 Å². The van der Waals surface area contributed by atoms with Crippen LogP contribution in [0.3, 0.4) is 0 Å². The predicted octanol–water partition coefficient (Wildman–Crippen LogP) is 3.39. The molecule has 0 bridgehead atoms. The van der Waals surface area contributed by atoms with Crippen molar-refractivity contribution in [1.82, 2.24) is 0 Å². The van der Waals surface area contributed by atoms with Crippen LogP contribution in [0, 0.1) is 0 Å². The second-order valence-electron chi connectivity index (χ2n) is 3.48. The fourth-order valence-electron chi connectivity index (χ4n) is 1.45. The van der Waals surface area contributed by atoms with Gasteiger partial charge in [0.1, 0.15) is 0 Å². The van der Waals surface area contributed by atoms with Crippen LogP contribution in [0.1, 0.15) is 27.3 Å². The van der Waals surface area contributed by atoms with E-state index in [0.29, 0.717) is 10.6 Å². The van der Waals surface area contributed by atoms with E-state index in [2.05, 4.69) is 0 Å². The van der Waals surface area contributed by atoms with Crippen LogP contribution in [0.4, 0.5) is 0 Å². The number of furan rings is 1. The zero-order valence-corrected chi connectivity index (χ0v) is 9.61. The van der Waals surface area contributed by atoms with Crippen LogP contribution in [0.25, 0.3) is 0 Å². The molecule has 3 nitrogen and oxygen atoms in total. The molecule has 1 aromatic carbocycles. The maximum Gasteiger partial charge on any atom is 0.205 e. The normalized spacial score (nSPS) is 10.2. The lowest BCUT2D eigenvalue weighted by molar-refractivity contribution is 0.0878. The number of benzene rings is 1. The van der Waals surface area contributed by atoms with Crippen LogP contribution < -0.4 is 0 Å². The van der Waals surface area contributed by atoms with E-state index in [1.165, 1.54) is 12.3 Å². The van der Waals surface area contributed by atoms with Crippen molar-refractivity contribution in [2.24, 2.45) is 0 Å². The van der Waals surface area contributed by atoms with Crippen LogP contribution in [0.2, 0.25) is 5.02 Å². The van der Waals surface area contributed by atoms with Crippen molar-refractivity contribution in [1.29, 1.82) is 0 Å². The van der Waals surface area contributed by atoms with Gasteiger partial charge >= 0.3 is 0 Å². The smallest absolute Gasteiger partial charge is 0.205 e. The van der Waals surface area contributed by atoms with Gasteiger partial charge in [-0.05, 0) is 24.3 Å². The molecular formula is C13H9ClO3. The van der Waals surface area contributed by atoms with Crippen molar-refractivity contribution in [3.63, 3.8) is 0 Å². The second-order valence-corrected chi connectivity index (χ2v) is 3.89. The van der Waals surface area contributed by atoms with Gasteiger partial charge in [0, 0.05) is 5.56 Å². The highest BCUT2D eigenvalue weighted by molar-refractivity contribution is 6.34. The molecule has 1 heterocycles. The van der Waals surface area contributed by atoms with E-state index < -0.39 is 0 Å². The first-order valence-corrected chi connectivity index (χ1v) is 5.40. The number of ketones is 2. The van der Waals surface area contributed by atoms with Gasteiger partial charge in [0.15, 0.2) is 11.5 Å². The highest BCUT2D eigenvalue weighted by atomic mass is 35.5. The van der Waals surface area contributed by atoms with E-state index in [-0.39, 0.29) is 23.7 Å². The summed E-state index contributed by atoms with van der Waals surface area (Å²) in [4.78, 5) is 23.5. The van der Waals surface area contributed by atoms with Gasteiger partial charge < -0.3 is 4.42 Å². The van der Waals surface area contributed by atoms with E-state index in [1.54, 1.807) is 30.3 Å². The summed E-state index contributed by atoms with van der Waals surface area (Å²) in [5, 5.41) is 0.352. The summed E-state index contributed by atoms with van der Waals surface area (Å²) in [5.41, 5.74) is 0.356. The summed E-state index contributed by atoms with van der Waals surface area (Å²) in [7, 11) is 0. The number of carbonyl (C=O) groups is 2. The zero-order valence-electron chi connectivity index (χ0n) is 8.85. The quantitative estimate of drug-likeness (QED) is 0.615. The number of Topliss-reactive ketones (excluding diaryl/α,β-unsaturated/α-hetero) is 2. The third-order valence-corrected chi connectivity index (χ3v) is 2.62. The summed E-state index contributed by atoms with van der Waals surface area (Å²) < 4.78 is 4.93. The van der Waals surface area contributed by atoms with Gasteiger partial charge in [0.05, 0.1) is 17.7 Å². The Labute approximate surface area is 103 Å². The minimum atomic E-state index is -0.347. The number of hydrogen-bond donors (Lipinski definition) is 0. The van der Waals surface area contributed by atoms with E-state index in [4.69, 9.17) is 16.0 Å². The molecule has 0 aliphatic carbocycles. The molecule has 0 N–H and O–H groups in total. The average molecular weight is 249 g/mol. The van der Waals surface area contributed by atoms with Gasteiger partial charge in [-0.25, -0.2) is 0 Å². The molecule has 0 aliphatic rings. The van der Waals surface area contributed by atoms with Gasteiger partial charge in [-0.2, -0.15) is 0 Å². The molecule has 0 unspecified atom stereocenters. The first kappa shape index (κ1) is 11.6. The van der Waals surface area contributed by atoms with Crippen molar-refractivity contribution in [2.75, 3.05) is 0 Å². The zero-order chi connectivity index (χ0) is 12.3. The summed E-state index contributed by atoms with van der Waals surface area (Å²) in [6.45, 7) is 0. The largest absolute Gasteiger partial charge is 0.461 e. The molecule has 0 atom stereocenters. The highest BCUT2D eigenvalue weighted by Gasteiger charge is 2.17. The topological polar surface area (TPSA) is 47.3 Å². The van der Waals surface area contributed by atoms with Crippen LogP contribution in [-0.4, -0.2) is 11.6 Å². The Hall–Kier alpha value is -1.87. The molecule has 86 valence electrons. The van der Waals surface area contributed by atoms with Crippen LogP contribution in [0.5, 0.6) is 0 Å². The highest BCUT2D eigenvalue weighted by Crippen LogP contribution is 2.17. The lowest BCUT2D eigenvalue weighted by atomic mass is 10.1. The molecule has 0 amide bonds. The Balaban J connectivity index is 2.13. The van der Waals surface area contributed by atoms with Crippen molar-refractivity contribution in [2.45, 2.75) is 6.42 Å². The second kappa shape index (κ2) is 4.97. The summed E-state index contributed by atoms with van der Waals surface area (Å²) >= 11 is 5.87. The van der Waals surface area contributed by atoms with Crippen molar-refractivity contribution in [3.8, 4) is 0 Å². The standard InChI is InChI=1S/C13H9ClO3/c14-10-5-2-1-4-9(10)11(15)8-12(16)13-6-3-7-17-13/h1-7H,8H2. The molecule has 0 radical (unpaired) electrons. The summed E-state index contributed by atoms with van der Waals surface area (Å²) in [6, 6.07) is 9.78. The minimum absolute atomic E-state index is 0.186. The monoisotopic (exact) mass is 248 g/mol. The van der Waals surface area contributed by atoms with Gasteiger partial charge in [-0.15, -0.1) is 0 Å². The summed E-state index contributed by atoms with van der Waals surface area (Å²) in [5.74, 6) is -0.470. The first-order valence-electron chi connectivity index (χ1n) is 5.03. The Morgan fingerprint density at radius 1 is 1.06 bits per heavy atom. The van der Waals surface area contributed by atoms with E-state index in [9.17, 15) is 9.59 Å². The van der Waals surface area contributed by atoms with Crippen LogP contribution in [0.15, 0.2) is 47.1 Å². The van der Waals surface area contributed by atoms with Gasteiger partial charge in [0.2, 0.25) is 5.78 Å². The number of rotatable bonds is 4. The molecule has 0 saturated carbocycles. The molecule has 1 aromatic heterocycles. The Bertz CT molecular complexity index is 544. The van der Waals surface area contributed by atoms with Crippen LogP contribution in [-0.2, 0) is 0 Å². The molecule has 0 fully saturated rings. The maximum atomic E-state index is 11.8.